The van der Waals surface area contributed by atoms with Crippen LogP contribution in [-0.2, 0) is 19.1 Å². The molecule has 0 heterocycles. The topological polar surface area (TPSA) is 72.8 Å². The maximum absolute atomic E-state index is 12.2. The predicted octanol–water partition coefficient (Wildman–Crippen LogP) is 14.2. The summed E-state index contributed by atoms with van der Waals surface area (Å²) in [7, 11) is 0. The largest absolute Gasteiger partial charge is 0.462 e. The number of allylic oxidation sites excluding steroid dienone is 8. The van der Waals surface area contributed by atoms with E-state index in [0.717, 1.165) is 44.9 Å². The molecule has 0 rings (SSSR count). The highest BCUT2D eigenvalue weighted by molar-refractivity contribution is 5.70. The molecule has 0 saturated carbocycles. The summed E-state index contributed by atoms with van der Waals surface area (Å²) in [5, 5.41) is 9.57. The molecule has 0 aromatic rings. The molecule has 0 radical (unpaired) electrons. The summed E-state index contributed by atoms with van der Waals surface area (Å²) in [6.07, 6.45) is 54.7. The second-order valence-electron chi connectivity index (χ2n) is 14.8. The smallest absolute Gasteiger partial charge is 0.306 e. The molecule has 5 nitrogen and oxygen atoms in total. The fourth-order valence-electron chi connectivity index (χ4n) is 6.25. The predicted molar refractivity (Wildman–Crippen MR) is 224 cm³/mol. The van der Waals surface area contributed by atoms with Crippen LogP contribution in [0.1, 0.15) is 219 Å². The van der Waals surface area contributed by atoms with Gasteiger partial charge in [0.25, 0.3) is 0 Å². The molecule has 302 valence electrons. The molecule has 0 aromatic carbocycles. The first-order chi connectivity index (χ1) is 25.6. The van der Waals surface area contributed by atoms with Crippen LogP contribution < -0.4 is 0 Å². The summed E-state index contributed by atoms with van der Waals surface area (Å²) in [5.41, 5.74) is 0. The highest BCUT2D eigenvalue weighted by Gasteiger charge is 2.16. The van der Waals surface area contributed by atoms with E-state index in [1.807, 2.05) is 0 Å². The van der Waals surface area contributed by atoms with E-state index in [9.17, 15) is 14.7 Å². The third-order valence-electron chi connectivity index (χ3n) is 9.63. The second kappa shape index (κ2) is 43.3. The standard InChI is InChI=1S/C47H84O5/c1-3-5-7-9-11-13-15-17-19-21-22-23-24-26-28-30-32-34-36-38-40-42-47(50)52-45(43-48)44-51-46(49)41-39-37-35-33-31-29-27-25-20-18-16-14-12-10-8-6-4-2/h19,21,23-24,28,30,34,36,45,48H,3-18,20,22,25-27,29,31-33,35,37-44H2,1-2H3/b21-19+,24-23+,30-28+,36-34+/t45-/m0/s1. The lowest BCUT2D eigenvalue weighted by Crippen LogP contribution is -2.28. The molecule has 1 atom stereocenters. The normalized spacial score (nSPS) is 12.6. The molecule has 0 fully saturated rings. The van der Waals surface area contributed by atoms with Crippen molar-refractivity contribution in [2.24, 2.45) is 0 Å². The van der Waals surface area contributed by atoms with Crippen molar-refractivity contribution < 1.29 is 24.2 Å². The molecule has 0 aliphatic heterocycles. The Bertz CT molecular complexity index is 873. The van der Waals surface area contributed by atoms with E-state index in [-0.39, 0.29) is 31.6 Å². The van der Waals surface area contributed by atoms with Gasteiger partial charge >= 0.3 is 11.9 Å². The van der Waals surface area contributed by atoms with Gasteiger partial charge in [0.15, 0.2) is 6.10 Å². The fourth-order valence-corrected chi connectivity index (χ4v) is 6.25. The van der Waals surface area contributed by atoms with Crippen molar-refractivity contribution >= 4 is 11.9 Å². The van der Waals surface area contributed by atoms with Gasteiger partial charge in [-0.15, -0.1) is 0 Å². The summed E-state index contributed by atoms with van der Waals surface area (Å²) >= 11 is 0. The molecule has 5 heteroatoms. The van der Waals surface area contributed by atoms with E-state index < -0.39 is 6.10 Å². The number of unbranched alkanes of at least 4 members (excludes halogenated alkanes) is 24. The Kier molecular flexibility index (Phi) is 41.5. The van der Waals surface area contributed by atoms with E-state index in [4.69, 9.17) is 9.47 Å². The number of rotatable bonds is 40. The van der Waals surface area contributed by atoms with Crippen molar-refractivity contribution in [1.29, 1.82) is 0 Å². The third kappa shape index (κ3) is 40.6. The minimum atomic E-state index is -0.798. The highest BCUT2D eigenvalue weighted by atomic mass is 16.6. The number of hydrogen-bond acceptors (Lipinski definition) is 5. The van der Waals surface area contributed by atoms with E-state index >= 15 is 0 Å². The van der Waals surface area contributed by atoms with Crippen molar-refractivity contribution in [3.8, 4) is 0 Å². The Labute approximate surface area is 322 Å². The zero-order valence-electron chi connectivity index (χ0n) is 34.3. The maximum atomic E-state index is 12.2. The number of ether oxygens (including phenoxy) is 2. The van der Waals surface area contributed by atoms with Crippen molar-refractivity contribution in [3.05, 3.63) is 48.6 Å². The van der Waals surface area contributed by atoms with Crippen LogP contribution in [-0.4, -0.2) is 36.4 Å². The second-order valence-corrected chi connectivity index (χ2v) is 14.8. The summed E-state index contributed by atoms with van der Waals surface area (Å²) in [5.74, 6) is -0.650. The van der Waals surface area contributed by atoms with Crippen LogP contribution in [0.4, 0.5) is 0 Å². The molecule has 0 aliphatic carbocycles. The van der Waals surface area contributed by atoms with Gasteiger partial charge in [0.1, 0.15) is 6.61 Å². The molecular weight excluding hydrogens is 645 g/mol. The van der Waals surface area contributed by atoms with Crippen molar-refractivity contribution in [3.63, 3.8) is 0 Å². The van der Waals surface area contributed by atoms with Crippen molar-refractivity contribution in [2.45, 2.75) is 225 Å². The van der Waals surface area contributed by atoms with Gasteiger partial charge in [0.05, 0.1) is 6.61 Å². The average Bonchev–Trinajstić information content (AvgIpc) is 3.15. The van der Waals surface area contributed by atoms with Crippen LogP contribution >= 0.6 is 0 Å². The van der Waals surface area contributed by atoms with Gasteiger partial charge in [-0.05, 0) is 51.4 Å². The minimum absolute atomic E-state index is 0.0858. The van der Waals surface area contributed by atoms with Gasteiger partial charge in [-0.1, -0.05) is 204 Å². The number of esters is 2. The Balaban J connectivity index is 3.62. The number of carbonyl (C=O) groups excluding carboxylic acids is 2. The van der Waals surface area contributed by atoms with Crippen LogP contribution in [0.25, 0.3) is 0 Å². The van der Waals surface area contributed by atoms with Crippen LogP contribution in [0.2, 0.25) is 0 Å². The Morgan fingerprint density at radius 1 is 0.442 bits per heavy atom. The molecule has 0 spiro atoms. The highest BCUT2D eigenvalue weighted by Crippen LogP contribution is 2.15. The van der Waals surface area contributed by atoms with Crippen molar-refractivity contribution in [1.82, 2.24) is 0 Å². The zero-order valence-corrected chi connectivity index (χ0v) is 34.3. The first kappa shape index (κ1) is 49.9. The summed E-state index contributed by atoms with van der Waals surface area (Å²) < 4.78 is 10.6. The van der Waals surface area contributed by atoms with Gasteiger partial charge in [0.2, 0.25) is 0 Å². The van der Waals surface area contributed by atoms with Gasteiger partial charge in [-0.3, -0.25) is 9.59 Å². The molecule has 1 N–H and O–H groups in total. The lowest BCUT2D eigenvalue weighted by atomic mass is 10.0. The fraction of sp³-hybridized carbons (Fsp3) is 0.787. The van der Waals surface area contributed by atoms with Crippen LogP contribution in [0.15, 0.2) is 48.6 Å². The number of aliphatic hydroxyl groups is 1. The van der Waals surface area contributed by atoms with Crippen molar-refractivity contribution in [2.75, 3.05) is 13.2 Å². The molecule has 0 amide bonds. The monoisotopic (exact) mass is 729 g/mol. The minimum Gasteiger partial charge on any atom is -0.462 e. The molecule has 52 heavy (non-hydrogen) atoms. The molecule has 0 saturated heterocycles. The van der Waals surface area contributed by atoms with Gasteiger partial charge in [0, 0.05) is 12.8 Å². The van der Waals surface area contributed by atoms with E-state index in [1.54, 1.807) is 0 Å². The average molecular weight is 729 g/mol. The SMILES string of the molecule is CCCCCCCCC/C=C/C/C=C/C/C=C/C/C=C/CCCC(=O)O[C@@H](CO)COC(=O)CCCCCCCCCCCCCCCCCCC. The Morgan fingerprint density at radius 2 is 0.788 bits per heavy atom. The molecule has 0 bridgehead atoms. The van der Waals surface area contributed by atoms with Gasteiger partial charge < -0.3 is 14.6 Å². The van der Waals surface area contributed by atoms with Crippen LogP contribution in [0.5, 0.6) is 0 Å². The molecule has 0 aromatic heterocycles. The summed E-state index contributed by atoms with van der Waals surface area (Å²) in [6, 6.07) is 0. The summed E-state index contributed by atoms with van der Waals surface area (Å²) in [6.45, 7) is 4.11. The first-order valence-corrected chi connectivity index (χ1v) is 22.2. The number of carbonyl (C=O) groups is 2. The van der Waals surface area contributed by atoms with Crippen LogP contribution in [0.3, 0.4) is 0 Å². The van der Waals surface area contributed by atoms with E-state index in [1.165, 1.54) is 141 Å². The third-order valence-corrected chi connectivity index (χ3v) is 9.63. The van der Waals surface area contributed by atoms with E-state index in [0.29, 0.717) is 12.8 Å². The molecule has 0 unspecified atom stereocenters. The quantitative estimate of drug-likeness (QED) is 0.0386. The van der Waals surface area contributed by atoms with Gasteiger partial charge in [-0.2, -0.15) is 0 Å². The maximum Gasteiger partial charge on any atom is 0.306 e. The zero-order chi connectivity index (χ0) is 37.8. The summed E-state index contributed by atoms with van der Waals surface area (Å²) in [4.78, 5) is 24.3. The number of hydrogen-bond donors (Lipinski definition) is 1. The van der Waals surface area contributed by atoms with E-state index in [2.05, 4.69) is 62.5 Å². The Hall–Kier alpha value is -2.14. The molecule has 0 aliphatic rings. The van der Waals surface area contributed by atoms with Gasteiger partial charge in [-0.25, -0.2) is 0 Å². The Morgan fingerprint density at radius 3 is 1.21 bits per heavy atom. The van der Waals surface area contributed by atoms with Crippen LogP contribution in [0, 0.1) is 0 Å². The first-order valence-electron chi connectivity index (χ1n) is 22.2. The number of aliphatic hydroxyl groups excluding tert-OH is 1. The lowest BCUT2D eigenvalue weighted by molar-refractivity contribution is -0.161. The molecular formula is C47H84O5. The lowest BCUT2D eigenvalue weighted by Gasteiger charge is -2.15.